The first-order valence-corrected chi connectivity index (χ1v) is 6.92. The molecule has 1 aromatic heterocycles. The minimum atomic E-state index is -3.51. The minimum absolute atomic E-state index is 0.0207. The smallest absolute Gasteiger partial charge is 0.276 e. The number of hydrogen-bond acceptors (Lipinski definition) is 4. The first kappa shape index (κ1) is 12.3. The molecule has 0 aliphatic carbocycles. The van der Waals surface area contributed by atoms with Crippen LogP contribution in [0, 0.1) is 0 Å². The van der Waals surface area contributed by atoms with Gasteiger partial charge in [-0.25, -0.2) is 8.42 Å². The van der Waals surface area contributed by atoms with Gasteiger partial charge in [-0.1, -0.05) is 11.6 Å². The van der Waals surface area contributed by atoms with Crippen molar-refractivity contribution in [2.45, 2.75) is 25.0 Å². The van der Waals surface area contributed by atoms with Crippen LogP contribution >= 0.6 is 0 Å². The van der Waals surface area contributed by atoms with Gasteiger partial charge in [-0.3, -0.25) is 0 Å². The van der Waals surface area contributed by atoms with Crippen molar-refractivity contribution in [3.05, 3.63) is 29.5 Å². The van der Waals surface area contributed by atoms with Crippen LogP contribution in [0.25, 0.3) is 0 Å². The van der Waals surface area contributed by atoms with Crippen molar-refractivity contribution in [2.24, 2.45) is 5.73 Å². The summed E-state index contributed by atoms with van der Waals surface area (Å²) in [4.78, 5) is 0. The zero-order chi connectivity index (χ0) is 12.5. The summed E-state index contributed by atoms with van der Waals surface area (Å²) in [5.41, 5.74) is 6.46. The SMILES string of the molecule is CC1=CCCN(S(=O)(=O)c2ccc(CN)o2)C1. The summed E-state index contributed by atoms with van der Waals surface area (Å²) in [6.45, 7) is 3.06. The third kappa shape index (κ3) is 2.43. The van der Waals surface area contributed by atoms with Crippen LogP contribution in [0.5, 0.6) is 0 Å². The van der Waals surface area contributed by atoms with E-state index in [4.69, 9.17) is 10.2 Å². The van der Waals surface area contributed by atoms with Crippen LogP contribution in [0.2, 0.25) is 0 Å². The zero-order valence-corrected chi connectivity index (χ0v) is 10.5. The van der Waals surface area contributed by atoms with E-state index < -0.39 is 10.0 Å². The Morgan fingerprint density at radius 2 is 2.24 bits per heavy atom. The van der Waals surface area contributed by atoms with Gasteiger partial charge in [-0.15, -0.1) is 0 Å². The topological polar surface area (TPSA) is 76.5 Å². The van der Waals surface area contributed by atoms with Gasteiger partial charge in [0.2, 0.25) is 5.09 Å². The van der Waals surface area contributed by atoms with Crippen LogP contribution in [0.4, 0.5) is 0 Å². The van der Waals surface area contributed by atoms with Crippen molar-refractivity contribution in [3.63, 3.8) is 0 Å². The summed E-state index contributed by atoms with van der Waals surface area (Å²) < 4.78 is 31.1. The fourth-order valence-electron chi connectivity index (χ4n) is 1.82. The number of sulfonamides is 1. The van der Waals surface area contributed by atoms with Crippen molar-refractivity contribution in [1.29, 1.82) is 0 Å². The van der Waals surface area contributed by atoms with Gasteiger partial charge in [0.05, 0.1) is 6.54 Å². The number of nitrogens with zero attached hydrogens (tertiary/aromatic N) is 1. The highest BCUT2D eigenvalue weighted by atomic mass is 32.2. The maximum atomic E-state index is 12.2. The second-order valence-corrected chi connectivity index (χ2v) is 5.97. The lowest BCUT2D eigenvalue weighted by molar-refractivity contribution is 0.375. The fourth-order valence-corrected chi connectivity index (χ4v) is 3.24. The van der Waals surface area contributed by atoms with Crippen molar-refractivity contribution in [2.75, 3.05) is 13.1 Å². The molecule has 2 N–H and O–H groups in total. The predicted octanol–water partition coefficient (Wildman–Crippen LogP) is 1.08. The van der Waals surface area contributed by atoms with Gasteiger partial charge in [0.1, 0.15) is 5.76 Å². The van der Waals surface area contributed by atoms with Crippen LogP contribution in [-0.2, 0) is 16.6 Å². The molecular weight excluding hydrogens is 240 g/mol. The van der Waals surface area contributed by atoms with E-state index >= 15 is 0 Å². The molecule has 1 aliphatic heterocycles. The summed E-state index contributed by atoms with van der Waals surface area (Å²) in [5.74, 6) is 0.479. The Bertz CT molecular complexity index is 531. The van der Waals surface area contributed by atoms with Crippen LogP contribution < -0.4 is 5.73 Å². The second kappa shape index (κ2) is 4.64. The van der Waals surface area contributed by atoms with Gasteiger partial charge < -0.3 is 10.2 Å². The van der Waals surface area contributed by atoms with E-state index in [1.54, 1.807) is 6.07 Å². The molecule has 5 nitrogen and oxygen atoms in total. The molecule has 1 aromatic rings. The third-order valence-corrected chi connectivity index (χ3v) is 4.45. The van der Waals surface area contributed by atoms with E-state index in [1.807, 2.05) is 6.92 Å². The van der Waals surface area contributed by atoms with Crippen molar-refractivity contribution < 1.29 is 12.8 Å². The van der Waals surface area contributed by atoms with E-state index in [1.165, 1.54) is 10.4 Å². The average molecular weight is 256 g/mol. The fraction of sp³-hybridized carbons (Fsp3) is 0.455. The molecule has 0 radical (unpaired) electrons. The first-order chi connectivity index (χ1) is 8.04. The monoisotopic (exact) mass is 256 g/mol. The lowest BCUT2D eigenvalue weighted by Crippen LogP contribution is -2.35. The quantitative estimate of drug-likeness (QED) is 0.821. The van der Waals surface area contributed by atoms with Crippen molar-refractivity contribution in [3.8, 4) is 0 Å². The van der Waals surface area contributed by atoms with E-state index in [2.05, 4.69) is 6.08 Å². The van der Waals surface area contributed by atoms with Crippen LogP contribution in [0.1, 0.15) is 19.1 Å². The number of hydrogen-bond donors (Lipinski definition) is 1. The van der Waals surface area contributed by atoms with Gasteiger partial charge in [0.15, 0.2) is 0 Å². The number of furan rings is 1. The Hall–Kier alpha value is -1.11. The molecule has 0 spiro atoms. The molecule has 0 atom stereocenters. The Balaban J connectivity index is 2.27. The Labute approximate surface area is 101 Å². The molecule has 0 saturated heterocycles. The summed E-state index contributed by atoms with van der Waals surface area (Å²) in [6, 6.07) is 3.06. The van der Waals surface area contributed by atoms with Crippen molar-refractivity contribution in [1.82, 2.24) is 4.31 Å². The minimum Gasteiger partial charge on any atom is -0.447 e. The van der Waals surface area contributed by atoms with E-state index in [0.717, 1.165) is 12.0 Å². The maximum absolute atomic E-state index is 12.2. The van der Waals surface area contributed by atoms with Gasteiger partial charge in [-0.2, -0.15) is 4.31 Å². The molecule has 0 aromatic carbocycles. The number of rotatable bonds is 3. The molecule has 0 bridgehead atoms. The van der Waals surface area contributed by atoms with Gasteiger partial charge >= 0.3 is 0 Å². The summed E-state index contributed by atoms with van der Waals surface area (Å²) >= 11 is 0. The molecule has 17 heavy (non-hydrogen) atoms. The summed E-state index contributed by atoms with van der Waals surface area (Å²) in [5, 5.41) is -0.0207. The highest BCUT2D eigenvalue weighted by Gasteiger charge is 2.28. The van der Waals surface area contributed by atoms with Crippen LogP contribution in [0.3, 0.4) is 0 Å². The first-order valence-electron chi connectivity index (χ1n) is 5.48. The van der Waals surface area contributed by atoms with Gasteiger partial charge in [0.25, 0.3) is 10.0 Å². The van der Waals surface area contributed by atoms with Gasteiger partial charge in [0, 0.05) is 13.1 Å². The standard InChI is InChI=1S/C11H16N2O3S/c1-9-3-2-6-13(8-9)17(14,15)11-5-4-10(7-12)16-11/h3-5H,2,6-8,12H2,1H3. The van der Waals surface area contributed by atoms with Gasteiger partial charge in [-0.05, 0) is 25.5 Å². The lowest BCUT2D eigenvalue weighted by Gasteiger charge is -2.24. The molecule has 0 fully saturated rings. The molecule has 0 saturated carbocycles. The lowest BCUT2D eigenvalue weighted by atomic mass is 10.2. The highest BCUT2D eigenvalue weighted by Crippen LogP contribution is 2.22. The van der Waals surface area contributed by atoms with E-state index in [9.17, 15) is 8.42 Å². The molecule has 2 rings (SSSR count). The molecular formula is C11H16N2O3S. The Morgan fingerprint density at radius 3 is 2.82 bits per heavy atom. The molecule has 0 unspecified atom stereocenters. The highest BCUT2D eigenvalue weighted by molar-refractivity contribution is 7.89. The van der Waals surface area contributed by atoms with Crippen LogP contribution in [-0.4, -0.2) is 25.8 Å². The predicted molar refractivity (Wildman–Crippen MR) is 63.7 cm³/mol. The molecule has 2 heterocycles. The summed E-state index contributed by atoms with van der Waals surface area (Å²) in [7, 11) is -3.51. The summed E-state index contributed by atoms with van der Waals surface area (Å²) in [6.07, 6.45) is 2.80. The van der Waals surface area contributed by atoms with E-state index in [0.29, 0.717) is 18.8 Å². The van der Waals surface area contributed by atoms with Crippen molar-refractivity contribution >= 4 is 10.0 Å². The molecule has 1 aliphatic rings. The van der Waals surface area contributed by atoms with Crippen LogP contribution in [0.15, 0.2) is 33.3 Å². The Morgan fingerprint density at radius 1 is 1.47 bits per heavy atom. The average Bonchev–Trinajstić information content (AvgIpc) is 2.78. The maximum Gasteiger partial charge on any atom is 0.276 e. The molecule has 94 valence electrons. The zero-order valence-electron chi connectivity index (χ0n) is 9.72. The Kier molecular flexibility index (Phi) is 3.37. The van der Waals surface area contributed by atoms with E-state index in [-0.39, 0.29) is 11.6 Å². The normalized spacial score (nSPS) is 18.1. The number of nitrogens with two attached hydrogens (primary N) is 1. The molecule has 6 heteroatoms. The second-order valence-electron chi connectivity index (χ2n) is 4.10. The third-order valence-electron chi connectivity index (χ3n) is 2.73. The largest absolute Gasteiger partial charge is 0.447 e. The molecule has 0 amide bonds.